The van der Waals surface area contributed by atoms with Crippen LogP contribution < -0.4 is 4.74 Å². The van der Waals surface area contributed by atoms with E-state index in [0.717, 1.165) is 11.3 Å². The molecular weight excluding hydrogens is 322 g/mol. The molecule has 0 spiro atoms. The minimum atomic E-state index is -0.798. The van der Waals surface area contributed by atoms with Crippen molar-refractivity contribution in [3.63, 3.8) is 0 Å². The van der Waals surface area contributed by atoms with Crippen LogP contribution in [-0.2, 0) is 9.59 Å². The van der Waals surface area contributed by atoms with Crippen molar-refractivity contribution >= 4 is 17.7 Å². The van der Waals surface area contributed by atoms with Gasteiger partial charge in [0.2, 0.25) is 5.91 Å². The standard InChI is InChI=1S/C19H25NO5/c1-3-25-17-6-4-15(12-13(17)2)16(21)5-7-18(22)20-10-8-14(9-11-20)19(23)24/h4,6,12,14H,3,5,7-11H2,1-2H3,(H,23,24). The molecule has 0 saturated carbocycles. The van der Waals surface area contributed by atoms with Gasteiger partial charge in [-0.25, -0.2) is 0 Å². The quantitative estimate of drug-likeness (QED) is 0.767. The van der Waals surface area contributed by atoms with Crippen molar-refractivity contribution in [2.24, 2.45) is 5.92 Å². The number of carbonyl (C=O) groups excluding carboxylic acids is 2. The number of ether oxygens (including phenoxy) is 1. The van der Waals surface area contributed by atoms with Crippen LogP contribution >= 0.6 is 0 Å². The molecule has 1 aromatic rings. The van der Waals surface area contributed by atoms with Gasteiger partial charge in [0.05, 0.1) is 12.5 Å². The number of benzene rings is 1. The number of ketones is 1. The molecule has 2 rings (SSSR count). The molecule has 0 radical (unpaired) electrons. The molecule has 0 unspecified atom stereocenters. The fourth-order valence-electron chi connectivity index (χ4n) is 3.04. The van der Waals surface area contributed by atoms with E-state index in [1.54, 1.807) is 23.1 Å². The van der Waals surface area contributed by atoms with Crippen LogP contribution in [0.5, 0.6) is 5.75 Å². The Bertz CT molecular complexity index is 647. The number of likely N-dealkylation sites (tertiary alicyclic amines) is 1. The molecule has 1 aliphatic heterocycles. The van der Waals surface area contributed by atoms with E-state index in [2.05, 4.69) is 0 Å². The summed E-state index contributed by atoms with van der Waals surface area (Å²) in [5.41, 5.74) is 1.48. The first-order valence-corrected chi connectivity index (χ1v) is 8.69. The summed E-state index contributed by atoms with van der Waals surface area (Å²) < 4.78 is 5.46. The first-order valence-electron chi connectivity index (χ1n) is 8.69. The molecule has 0 atom stereocenters. The highest BCUT2D eigenvalue weighted by molar-refractivity contribution is 5.98. The Hall–Kier alpha value is -2.37. The Balaban J connectivity index is 1.84. The summed E-state index contributed by atoms with van der Waals surface area (Å²) in [6.07, 6.45) is 1.27. The van der Waals surface area contributed by atoms with Gasteiger partial charge in [-0.3, -0.25) is 14.4 Å². The number of carboxylic acids is 1. The van der Waals surface area contributed by atoms with Crippen molar-refractivity contribution in [1.82, 2.24) is 4.90 Å². The molecule has 1 heterocycles. The van der Waals surface area contributed by atoms with Crippen molar-refractivity contribution in [3.8, 4) is 5.75 Å². The summed E-state index contributed by atoms with van der Waals surface area (Å²) in [5.74, 6) is -0.554. The molecule has 6 heteroatoms. The van der Waals surface area contributed by atoms with Crippen molar-refractivity contribution in [1.29, 1.82) is 0 Å². The SMILES string of the molecule is CCOc1ccc(C(=O)CCC(=O)N2CCC(C(=O)O)CC2)cc1C. The molecule has 136 valence electrons. The van der Waals surface area contributed by atoms with E-state index in [1.807, 2.05) is 13.8 Å². The van der Waals surface area contributed by atoms with Crippen molar-refractivity contribution in [2.75, 3.05) is 19.7 Å². The van der Waals surface area contributed by atoms with Crippen LogP contribution in [0.3, 0.4) is 0 Å². The average Bonchev–Trinajstić information content (AvgIpc) is 2.61. The molecule has 1 amide bonds. The van der Waals surface area contributed by atoms with Crippen LogP contribution in [0.1, 0.15) is 48.5 Å². The number of hydrogen-bond acceptors (Lipinski definition) is 4. The highest BCUT2D eigenvalue weighted by Gasteiger charge is 2.27. The molecule has 1 aromatic carbocycles. The second kappa shape index (κ2) is 8.65. The van der Waals surface area contributed by atoms with Gasteiger partial charge in [-0.05, 0) is 50.5 Å². The number of rotatable bonds is 7. The minimum Gasteiger partial charge on any atom is -0.494 e. The fourth-order valence-corrected chi connectivity index (χ4v) is 3.04. The Kier molecular flexibility index (Phi) is 6.56. The van der Waals surface area contributed by atoms with Gasteiger partial charge < -0.3 is 14.7 Å². The third kappa shape index (κ3) is 5.05. The zero-order chi connectivity index (χ0) is 18.4. The van der Waals surface area contributed by atoms with Crippen molar-refractivity contribution in [2.45, 2.75) is 39.5 Å². The van der Waals surface area contributed by atoms with Gasteiger partial charge in [-0.1, -0.05) is 0 Å². The topological polar surface area (TPSA) is 83.9 Å². The average molecular weight is 347 g/mol. The lowest BCUT2D eigenvalue weighted by Crippen LogP contribution is -2.40. The predicted octanol–water partition coefficient (Wildman–Crippen LogP) is 2.68. The monoisotopic (exact) mass is 347 g/mol. The van der Waals surface area contributed by atoms with Crippen LogP contribution in [0.25, 0.3) is 0 Å². The largest absolute Gasteiger partial charge is 0.494 e. The summed E-state index contributed by atoms with van der Waals surface area (Å²) in [7, 11) is 0. The lowest BCUT2D eigenvalue weighted by atomic mass is 9.96. The smallest absolute Gasteiger partial charge is 0.306 e. The van der Waals surface area contributed by atoms with E-state index < -0.39 is 5.97 Å². The van der Waals surface area contributed by atoms with E-state index >= 15 is 0 Å². The molecule has 0 aliphatic carbocycles. The Labute approximate surface area is 147 Å². The molecule has 1 N–H and O–H groups in total. The van der Waals surface area contributed by atoms with Crippen molar-refractivity contribution < 1.29 is 24.2 Å². The third-order valence-electron chi connectivity index (χ3n) is 4.56. The molecule has 1 fully saturated rings. The number of carbonyl (C=O) groups is 3. The zero-order valence-corrected chi connectivity index (χ0v) is 14.8. The molecule has 0 aromatic heterocycles. The second-order valence-electron chi connectivity index (χ2n) is 6.33. The van der Waals surface area contributed by atoms with Gasteiger partial charge in [0.1, 0.15) is 5.75 Å². The van der Waals surface area contributed by atoms with Gasteiger partial charge in [0, 0.05) is 31.5 Å². The summed E-state index contributed by atoms with van der Waals surface area (Å²) in [6.45, 7) is 5.27. The lowest BCUT2D eigenvalue weighted by Gasteiger charge is -2.30. The highest BCUT2D eigenvalue weighted by Crippen LogP contribution is 2.21. The molecule has 25 heavy (non-hydrogen) atoms. The van der Waals surface area contributed by atoms with Gasteiger partial charge in [0.25, 0.3) is 0 Å². The lowest BCUT2D eigenvalue weighted by molar-refractivity contribution is -0.145. The van der Waals surface area contributed by atoms with Crippen LogP contribution in [-0.4, -0.2) is 47.4 Å². The van der Waals surface area contributed by atoms with Gasteiger partial charge in [-0.15, -0.1) is 0 Å². The molecule has 1 saturated heterocycles. The maximum atomic E-state index is 12.3. The van der Waals surface area contributed by atoms with Crippen molar-refractivity contribution in [3.05, 3.63) is 29.3 Å². The minimum absolute atomic E-state index is 0.0695. The number of amides is 1. The zero-order valence-electron chi connectivity index (χ0n) is 14.8. The molecular formula is C19H25NO5. The second-order valence-corrected chi connectivity index (χ2v) is 6.33. The summed E-state index contributed by atoms with van der Waals surface area (Å²) >= 11 is 0. The van der Waals surface area contributed by atoms with E-state index in [4.69, 9.17) is 9.84 Å². The Morgan fingerprint density at radius 2 is 1.88 bits per heavy atom. The van der Waals surface area contributed by atoms with E-state index in [1.165, 1.54) is 0 Å². The number of hydrogen-bond donors (Lipinski definition) is 1. The van der Waals surface area contributed by atoms with Crippen LogP contribution in [0.15, 0.2) is 18.2 Å². The molecule has 0 bridgehead atoms. The van der Waals surface area contributed by atoms with E-state index in [9.17, 15) is 14.4 Å². The number of Topliss-reactive ketones (excluding diaryl/α,β-unsaturated/α-hetero) is 1. The van der Waals surface area contributed by atoms with Gasteiger partial charge in [-0.2, -0.15) is 0 Å². The van der Waals surface area contributed by atoms with Crippen LogP contribution in [0.2, 0.25) is 0 Å². The summed E-state index contributed by atoms with van der Waals surface area (Å²) in [6, 6.07) is 5.30. The third-order valence-corrected chi connectivity index (χ3v) is 4.56. The van der Waals surface area contributed by atoms with E-state index in [0.29, 0.717) is 38.1 Å². The maximum absolute atomic E-state index is 12.3. The first-order chi connectivity index (χ1) is 11.9. The van der Waals surface area contributed by atoms with Crippen LogP contribution in [0.4, 0.5) is 0 Å². The molecule has 6 nitrogen and oxygen atoms in total. The number of aryl methyl sites for hydroxylation is 1. The number of aliphatic carboxylic acids is 1. The van der Waals surface area contributed by atoms with Gasteiger partial charge in [0.15, 0.2) is 5.78 Å². The number of carboxylic acid groups (broad SMARTS) is 1. The van der Waals surface area contributed by atoms with E-state index in [-0.39, 0.29) is 30.4 Å². The first kappa shape index (κ1) is 19.0. The predicted molar refractivity (Wildman–Crippen MR) is 92.9 cm³/mol. The summed E-state index contributed by atoms with van der Waals surface area (Å²) in [4.78, 5) is 37.1. The summed E-state index contributed by atoms with van der Waals surface area (Å²) in [5, 5.41) is 8.98. The van der Waals surface area contributed by atoms with Crippen LogP contribution in [0, 0.1) is 12.8 Å². The highest BCUT2D eigenvalue weighted by atomic mass is 16.5. The Morgan fingerprint density at radius 1 is 1.20 bits per heavy atom. The molecule has 1 aliphatic rings. The normalized spacial score (nSPS) is 15.0. The number of piperidine rings is 1. The maximum Gasteiger partial charge on any atom is 0.306 e. The Morgan fingerprint density at radius 3 is 2.44 bits per heavy atom. The number of nitrogens with zero attached hydrogens (tertiary/aromatic N) is 1. The van der Waals surface area contributed by atoms with Gasteiger partial charge >= 0.3 is 5.97 Å². The fraction of sp³-hybridized carbons (Fsp3) is 0.526.